The van der Waals surface area contributed by atoms with Crippen LogP contribution in [-0.4, -0.2) is 74.9 Å². The zero-order valence-corrected chi connectivity index (χ0v) is 52.1. The van der Waals surface area contributed by atoms with E-state index >= 15 is 0 Å². The average molecular weight is 1130 g/mol. The first-order valence-electron chi connectivity index (χ1n) is 31.2. The highest BCUT2D eigenvalue weighted by Crippen LogP contribution is 2.43. The maximum Gasteiger partial charge on any atom is 0.472 e. The predicted molar refractivity (Wildman–Crippen MR) is 343 cm³/mol. The van der Waals surface area contributed by atoms with Crippen molar-refractivity contribution in [1.82, 2.24) is 0 Å². The third-order valence-corrected chi connectivity index (χ3v) is 13.5. The van der Waals surface area contributed by atoms with Gasteiger partial charge in [-0.25, -0.2) is 4.57 Å². The summed E-state index contributed by atoms with van der Waals surface area (Å²) in [6.45, 7) is 4.12. The van der Waals surface area contributed by atoms with E-state index in [1.807, 2.05) is 27.2 Å². The van der Waals surface area contributed by atoms with Crippen LogP contribution in [0.1, 0.15) is 219 Å². The second-order valence-electron chi connectivity index (χ2n) is 21.3. The molecule has 10 heteroatoms. The molecule has 9 nitrogen and oxygen atoms in total. The number of rotatable bonds is 55. The summed E-state index contributed by atoms with van der Waals surface area (Å²) in [6, 6.07) is 0. The lowest BCUT2D eigenvalue weighted by molar-refractivity contribution is -0.870. The third-order valence-electron chi connectivity index (χ3n) is 12.6. The molecule has 452 valence electrons. The Hall–Kier alpha value is -4.37. The van der Waals surface area contributed by atoms with Gasteiger partial charge in [0.15, 0.2) is 6.10 Å². The molecule has 0 radical (unpaired) electrons. The van der Waals surface area contributed by atoms with Crippen LogP contribution < -0.4 is 0 Å². The van der Waals surface area contributed by atoms with Gasteiger partial charge in [0.1, 0.15) is 19.8 Å². The summed E-state index contributed by atoms with van der Waals surface area (Å²) in [5, 5.41) is 0. The van der Waals surface area contributed by atoms with Crippen molar-refractivity contribution in [3.8, 4) is 0 Å². The van der Waals surface area contributed by atoms with E-state index in [-0.39, 0.29) is 32.0 Å². The van der Waals surface area contributed by atoms with Crippen LogP contribution in [0.4, 0.5) is 0 Å². The summed E-state index contributed by atoms with van der Waals surface area (Å²) in [4.78, 5) is 35.7. The Bertz CT molecular complexity index is 1900. The lowest BCUT2D eigenvalue weighted by atomic mass is 10.0. The number of allylic oxidation sites excluding steroid dienone is 26. The van der Waals surface area contributed by atoms with Crippen LogP contribution in [0, 0.1) is 0 Å². The van der Waals surface area contributed by atoms with Crippen molar-refractivity contribution in [2.45, 2.75) is 225 Å². The van der Waals surface area contributed by atoms with Gasteiger partial charge in [-0.1, -0.05) is 249 Å². The van der Waals surface area contributed by atoms with Crippen LogP contribution in [0.25, 0.3) is 0 Å². The fraction of sp³-hybridized carbons (Fsp3) is 0.600. The zero-order valence-electron chi connectivity index (χ0n) is 51.2. The highest BCUT2D eigenvalue weighted by Gasteiger charge is 2.27. The first-order valence-corrected chi connectivity index (χ1v) is 32.7. The third kappa shape index (κ3) is 62.8. The van der Waals surface area contributed by atoms with Gasteiger partial charge >= 0.3 is 19.8 Å². The molecular weight excluding hydrogens is 1010 g/mol. The molecular formula is C70H115NO8P+. The molecule has 0 saturated carbocycles. The van der Waals surface area contributed by atoms with Gasteiger partial charge in [0.2, 0.25) is 0 Å². The van der Waals surface area contributed by atoms with Crippen LogP contribution in [0.5, 0.6) is 0 Å². The first-order chi connectivity index (χ1) is 39.0. The first kappa shape index (κ1) is 75.6. The van der Waals surface area contributed by atoms with Crippen molar-refractivity contribution in [3.05, 3.63) is 158 Å². The number of likely N-dealkylation sites (N-methyl/N-ethyl adjacent to an activating group) is 1. The van der Waals surface area contributed by atoms with E-state index in [2.05, 4.69) is 166 Å². The molecule has 2 unspecified atom stereocenters. The lowest BCUT2D eigenvalue weighted by Crippen LogP contribution is -2.37. The quantitative estimate of drug-likeness (QED) is 0.0211. The van der Waals surface area contributed by atoms with E-state index in [0.717, 1.165) is 103 Å². The van der Waals surface area contributed by atoms with Crippen molar-refractivity contribution in [3.63, 3.8) is 0 Å². The van der Waals surface area contributed by atoms with E-state index in [9.17, 15) is 19.0 Å². The molecule has 0 fully saturated rings. The highest BCUT2D eigenvalue weighted by atomic mass is 31.2. The standard InChI is InChI=1S/C70H114NO8P/c1-6-8-10-12-14-16-18-20-22-24-26-28-30-31-32-33-34-35-36-37-38-39-41-42-44-46-48-50-52-54-56-58-60-62-69(72)76-66-68(67-78-80(74,75)77-65-64-71(3,4)5)79-70(73)63-61-59-57-55-53-51-49-47-45-43-40-29-27-25-23-21-19-17-15-13-11-9-7-2/h8-11,14-17,20-23,26-29,31-32,34-35,43,45,49,51,55,57,68H,6-7,12-13,18-19,24-25,30,33,36-42,44,46-48,50,52-54,56,58-67H2,1-5H3/p+1/b10-8-,11-9-,16-14-,17-15-,22-20-,23-21-,28-26-,29-27-,32-31-,35-34-,45-43-,51-49-,57-55-. The summed E-state index contributed by atoms with van der Waals surface area (Å²) in [6.07, 6.45) is 89.0. The number of ether oxygens (including phenoxy) is 2. The van der Waals surface area contributed by atoms with Gasteiger partial charge in [0.25, 0.3) is 0 Å². The van der Waals surface area contributed by atoms with Gasteiger partial charge in [0, 0.05) is 12.8 Å². The summed E-state index contributed by atoms with van der Waals surface area (Å²) in [5.74, 6) is -0.878. The Kier molecular flexibility index (Phi) is 56.0. The zero-order chi connectivity index (χ0) is 58.4. The Balaban J connectivity index is 4.20. The molecule has 0 rings (SSSR count). The normalized spacial score (nSPS) is 14.3. The highest BCUT2D eigenvalue weighted by molar-refractivity contribution is 7.47. The van der Waals surface area contributed by atoms with Crippen molar-refractivity contribution in [1.29, 1.82) is 0 Å². The van der Waals surface area contributed by atoms with Gasteiger partial charge in [-0.2, -0.15) is 0 Å². The van der Waals surface area contributed by atoms with Gasteiger partial charge in [-0.15, -0.1) is 0 Å². The number of carbonyl (C=O) groups excluding carboxylic acids is 2. The molecule has 1 N–H and O–H groups in total. The average Bonchev–Trinajstić information content (AvgIpc) is 3.42. The van der Waals surface area contributed by atoms with Gasteiger partial charge in [-0.3, -0.25) is 18.6 Å². The van der Waals surface area contributed by atoms with E-state index in [4.69, 9.17) is 18.5 Å². The topological polar surface area (TPSA) is 108 Å². The molecule has 0 aliphatic rings. The van der Waals surface area contributed by atoms with Crippen molar-refractivity contribution < 1.29 is 42.1 Å². The Morgan fingerprint density at radius 1 is 0.388 bits per heavy atom. The number of phosphoric ester groups is 1. The Morgan fingerprint density at radius 3 is 1.04 bits per heavy atom. The van der Waals surface area contributed by atoms with E-state index in [1.54, 1.807) is 0 Å². The van der Waals surface area contributed by atoms with Crippen molar-refractivity contribution in [2.24, 2.45) is 0 Å². The molecule has 2 atom stereocenters. The van der Waals surface area contributed by atoms with E-state index in [0.29, 0.717) is 23.9 Å². The van der Waals surface area contributed by atoms with Gasteiger partial charge in [0.05, 0.1) is 27.7 Å². The maximum atomic E-state index is 12.8. The molecule has 0 aromatic heterocycles. The van der Waals surface area contributed by atoms with Crippen molar-refractivity contribution >= 4 is 19.8 Å². The number of quaternary nitrogens is 1. The minimum absolute atomic E-state index is 0.0124. The molecule has 0 bridgehead atoms. The number of phosphoric acid groups is 1. The molecule has 0 spiro atoms. The summed E-state index contributed by atoms with van der Waals surface area (Å²) < 4.78 is 34.5. The Morgan fingerprint density at radius 2 is 0.688 bits per heavy atom. The number of unbranched alkanes of at least 4 members (excludes halogenated alkanes) is 15. The van der Waals surface area contributed by atoms with Crippen LogP contribution in [0.15, 0.2) is 158 Å². The van der Waals surface area contributed by atoms with Gasteiger partial charge < -0.3 is 18.9 Å². The minimum atomic E-state index is -4.42. The molecule has 0 aliphatic heterocycles. The summed E-state index contributed by atoms with van der Waals surface area (Å²) in [5.41, 5.74) is 0. The van der Waals surface area contributed by atoms with E-state index < -0.39 is 26.5 Å². The predicted octanol–water partition coefficient (Wildman–Crippen LogP) is 20.0. The lowest BCUT2D eigenvalue weighted by Gasteiger charge is -2.24. The number of carbonyl (C=O) groups is 2. The number of hydrogen-bond donors (Lipinski definition) is 1. The minimum Gasteiger partial charge on any atom is -0.462 e. The molecule has 0 aromatic rings. The molecule has 0 heterocycles. The van der Waals surface area contributed by atoms with Crippen LogP contribution in [-0.2, 0) is 32.7 Å². The van der Waals surface area contributed by atoms with E-state index in [1.165, 1.54) is 77.0 Å². The second-order valence-corrected chi connectivity index (χ2v) is 22.8. The number of esters is 2. The van der Waals surface area contributed by atoms with Crippen LogP contribution in [0.2, 0.25) is 0 Å². The number of hydrogen-bond acceptors (Lipinski definition) is 7. The fourth-order valence-electron chi connectivity index (χ4n) is 7.83. The maximum absolute atomic E-state index is 12.8. The molecule has 80 heavy (non-hydrogen) atoms. The fourth-order valence-corrected chi connectivity index (χ4v) is 8.57. The van der Waals surface area contributed by atoms with Crippen molar-refractivity contribution in [2.75, 3.05) is 47.5 Å². The SMILES string of the molecule is CC/C=C\C/C=C\C/C=C\C/C=C\C/C=C\C/C=C\C/C=C\CCCC(=O)OC(COC(=O)CCCCCCCCCCCCCCCC/C=C\C/C=C\C/C=C\C/C=C\C/C=C\C/C=C\CC)COP(=O)(O)OCC[N+](C)(C)C. The van der Waals surface area contributed by atoms with Crippen LogP contribution in [0.3, 0.4) is 0 Å². The molecule has 0 saturated heterocycles. The number of nitrogens with zero attached hydrogens (tertiary/aromatic N) is 1. The summed E-state index contributed by atoms with van der Waals surface area (Å²) in [7, 11) is 1.42. The largest absolute Gasteiger partial charge is 0.472 e. The summed E-state index contributed by atoms with van der Waals surface area (Å²) >= 11 is 0. The second kappa shape index (κ2) is 59.3. The van der Waals surface area contributed by atoms with Crippen LogP contribution >= 0.6 is 7.82 Å². The molecule has 0 amide bonds. The monoisotopic (exact) mass is 1130 g/mol. The Labute approximate surface area is 490 Å². The van der Waals surface area contributed by atoms with Gasteiger partial charge in [-0.05, 0) is 116 Å². The molecule has 0 aromatic carbocycles. The molecule has 0 aliphatic carbocycles. The smallest absolute Gasteiger partial charge is 0.462 e.